The van der Waals surface area contributed by atoms with Crippen LogP contribution < -0.4 is 0 Å². The van der Waals surface area contributed by atoms with E-state index in [1.165, 1.54) is 39.6 Å². The molecule has 0 amide bonds. The average Bonchev–Trinajstić information content (AvgIpc) is 2.97. The minimum Gasteiger partial charge on any atom is -0.309 e. The van der Waals surface area contributed by atoms with Gasteiger partial charge in [-0.1, -0.05) is 70.2 Å². The molecule has 0 bridgehead atoms. The van der Waals surface area contributed by atoms with Gasteiger partial charge in [-0.25, -0.2) is 0 Å². The van der Waals surface area contributed by atoms with E-state index in [9.17, 15) is 0 Å². The fourth-order valence-corrected chi connectivity index (χ4v) is 3.45. The van der Waals surface area contributed by atoms with Crippen LogP contribution in [0.2, 0.25) is 0 Å². The van der Waals surface area contributed by atoms with Crippen LogP contribution in [0.15, 0.2) is 48.6 Å². The summed E-state index contributed by atoms with van der Waals surface area (Å²) in [7, 11) is 0. The normalized spacial score (nSPS) is 11.9. The molecule has 126 valence electrons. The lowest BCUT2D eigenvalue weighted by molar-refractivity contribution is 0.644. The maximum absolute atomic E-state index is 7.11. The number of hydrogen-bond donors (Lipinski definition) is 1. The fraction of sp³-hybridized carbons (Fsp3) is 0.348. The van der Waals surface area contributed by atoms with Gasteiger partial charge in [0.1, 0.15) is 0 Å². The summed E-state index contributed by atoms with van der Waals surface area (Å²) in [5, 5.41) is 7.11. The molecular formula is C23H29N. The van der Waals surface area contributed by atoms with Gasteiger partial charge in [0.25, 0.3) is 0 Å². The highest BCUT2D eigenvalue weighted by Crippen LogP contribution is 2.40. The summed E-state index contributed by atoms with van der Waals surface area (Å²) >= 11 is 0. The highest BCUT2D eigenvalue weighted by atomic mass is 14.3. The molecule has 0 radical (unpaired) electrons. The first-order valence-electron chi connectivity index (χ1n) is 9.08. The van der Waals surface area contributed by atoms with Crippen molar-refractivity contribution in [3.63, 3.8) is 0 Å². The molecule has 1 aliphatic rings. The SMILES string of the molecule is CC.CC(C)Cc1cccc2c1Cc1c(C/C=C\C=N)cccc1-2. The van der Waals surface area contributed by atoms with Gasteiger partial charge in [-0.05, 0) is 64.6 Å². The van der Waals surface area contributed by atoms with Crippen molar-refractivity contribution in [1.29, 1.82) is 5.41 Å². The van der Waals surface area contributed by atoms with E-state index in [0.29, 0.717) is 5.92 Å². The molecule has 0 heterocycles. The third kappa shape index (κ3) is 3.84. The predicted molar refractivity (Wildman–Crippen MR) is 106 cm³/mol. The van der Waals surface area contributed by atoms with E-state index in [4.69, 9.17) is 5.41 Å². The molecule has 1 N–H and O–H groups in total. The van der Waals surface area contributed by atoms with Crippen molar-refractivity contribution in [3.8, 4) is 11.1 Å². The molecule has 24 heavy (non-hydrogen) atoms. The quantitative estimate of drug-likeness (QED) is 0.539. The second-order valence-corrected chi connectivity index (χ2v) is 6.46. The highest BCUT2D eigenvalue weighted by molar-refractivity contribution is 5.79. The van der Waals surface area contributed by atoms with Crippen LogP contribution in [-0.4, -0.2) is 6.21 Å². The maximum Gasteiger partial charge on any atom is 0.0174 e. The molecule has 1 nitrogen and oxygen atoms in total. The second kappa shape index (κ2) is 8.63. The van der Waals surface area contributed by atoms with Crippen LogP contribution in [0.5, 0.6) is 0 Å². The largest absolute Gasteiger partial charge is 0.309 e. The Morgan fingerprint density at radius 3 is 2.12 bits per heavy atom. The maximum atomic E-state index is 7.11. The Hall–Kier alpha value is -2.15. The van der Waals surface area contributed by atoms with Crippen LogP contribution in [0.25, 0.3) is 11.1 Å². The van der Waals surface area contributed by atoms with Crippen molar-refractivity contribution >= 4 is 6.21 Å². The molecule has 2 aromatic rings. The summed E-state index contributed by atoms with van der Waals surface area (Å²) in [6.07, 6.45) is 8.35. The van der Waals surface area contributed by atoms with Crippen molar-refractivity contribution in [2.24, 2.45) is 5.92 Å². The van der Waals surface area contributed by atoms with Gasteiger partial charge in [-0.2, -0.15) is 0 Å². The van der Waals surface area contributed by atoms with Crippen molar-refractivity contribution in [1.82, 2.24) is 0 Å². The van der Waals surface area contributed by atoms with E-state index in [-0.39, 0.29) is 0 Å². The molecule has 1 aliphatic carbocycles. The van der Waals surface area contributed by atoms with Crippen LogP contribution in [0.4, 0.5) is 0 Å². The molecule has 1 heteroatoms. The first kappa shape index (κ1) is 18.2. The zero-order valence-electron chi connectivity index (χ0n) is 15.4. The van der Waals surface area contributed by atoms with Crippen molar-refractivity contribution < 1.29 is 0 Å². The summed E-state index contributed by atoms with van der Waals surface area (Å²) in [5.74, 6) is 0.685. The lowest BCUT2D eigenvalue weighted by Crippen LogP contribution is -1.99. The van der Waals surface area contributed by atoms with E-state index in [1.54, 1.807) is 0 Å². The molecule has 0 aromatic heterocycles. The lowest BCUT2D eigenvalue weighted by Gasteiger charge is -2.10. The molecule has 2 aromatic carbocycles. The molecule has 0 aliphatic heterocycles. The molecule has 3 rings (SSSR count). The Kier molecular flexibility index (Phi) is 6.54. The van der Waals surface area contributed by atoms with E-state index in [0.717, 1.165) is 19.3 Å². The first-order chi connectivity index (χ1) is 11.7. The summed E-state index contributed by atoms with van der Waals surface area (Å²) < 4.78 is 0. The number of benzene rings is 2. The minimum atomic E-state index is 0.685. The van der Waals surface area contributed by atoms with Gasteiger partial charge in [-0.15, -0.1) is 0 Å². The van der Waals surface area contributed by atoms with Crippen LogP contribution in [-0.2, 0) is 19.3 Å². The third-order valence-corrected chi connectivity index (χ3v) is 4.39. The van der Waals surface area contributed by atoms with E-state index in [1.807, 2.05) is 19.9 Å². The van der Waals surface area contributed by atoms with Gasteiger partial charge in [0.15, 0.2) is 0 Å². The molecule has 0 fully saturated rings. The van der Waals surface area contributed by atoms with Crippen molar-refractivity contribution in [2.45, 2.75) is 47.0 Å². The van der Waals surface area contributed by atoms with E-state index in [2.05, 4.69) is 56.3 Å². The number of allylic oxidation sites excluding steroid dienone is 2. The zero-order chi connectivity index (χ0) is 17.5. The van der Waals surface area contributed by atoms with Crippen LogP contribution in [0.3, 0.4) is 0 Å². The van der Waals surface area contributed by atoms with Crippen LogP contribution in [0.1, 0.15) is 49.9 Å². The molecule has 0 saturated heterocycles. The summed E-state index contributed by atoms with van der Waals surface area (Å²) in [6.45, 7) is 8.57. The van der Waals surface area contributed by atoms with Crippen LogP contribution >= 0.6 is 0 Å². The Labute approximate surface area is 146 Å². The minimum absolute atomic E-state index is 0.685. The molecular weight excluding hydrogens is 290 g/mol. The highest BCUT2D eigenvalue weighted by Gasteiger charge is 2.22. The number of hydrogen-bond acceptors (Lipinski definition) is 1. The molecule has 0 spiro atoms. The van der Waals surface area contributed by atoms with Crippen molar-refractivity contribution in [2.75, 3.05) is 0 Å². The monoisotopic (exact) mass is 319 g/mol. The second-order valence-electron chi connectivity index (χ2n) is 6.46. The van der Waals surface area contributed by atoms with Crippen molar-refractivity contribution in [3.05, 3.63) is 70.8 Å². The van der Waals surface area contributed by atoms with Gasteiger partial charge in [0, 0.05) is 6.21 Å². The number of nitrogens with one attached hydrogen (secondary N) is 1. The molecule has 0 unspecified atom stereocenters. The summed E-state index contributed by atoms with van der Waals surface area (Å²) in [6, 6.07) is 13.4. The zero-order valence-corrected chi connectivity index (χ0v) is 15.4. The topological polar surface area (TPSA) is 23.9 Å². The Morgan fingerprint density at radius 2 is 1.54 bits per heavy atom. The van der Waals surface area contributed by atoms with E-state index >= 15 is 0 Å². The third-order valence-electron chi connectivity index (χ3n) is 4.39. The van der Waals surface area contributed by atoms with Gasteiger partial charge >= 0.3 is 0 Å². The predicted octanol–water partition coefficient (Wildman–Crippen LogP) is 6.23. The lowest BCUT2D eigenvalue weighted by atomic mass is 9.95. The Morgan fingerprint density at radius 1 is 0.958 bits per heavy atom. The Bertz CT molecular complexity index is 723. The van der Waals surface area contributed by atoms with Gasteiger partial charge in [0.2, 0.25) is 0 Å². The standard InChI is InChI=1S/C21H23N.C2H6/c1-15(2)13-17-9-6-11-19-18-10-5-8-16(7-3-4-12-22)20(18)14-21(17)19;1-2/h3-6,8-12,15,22H,7,13-14H2,1-2H3;1-2H3/b4-3-,22-12?;. The number of fused-ring (bicyclic) bond motifs is 3. The first-order valence-corrected chi connectivity index (χ1v) is 9.08. The smallest absolute Gasteiger partial charge is 0.0174 e. The van der Waals surface area contributed by atoms with Crippen LogP contribution in [0, 0.1) is 11.3 Å². The summed E-state index contributed by atoms with van der Waals surface area (Å²) in [4.78, 5) is 0. The summed E-state index contributed by atoms with van der Waals surface area (Å²) in [5.41, 5.74) is 8.72. The van der Waals surface area contributed by atoms with Gasteiger partial charge < -0.3 is 5.41 Å². The Balaban J connectivity index is 0.00000100. The van der Waals surface area contributed by atoms with E-state index < -0.39 is 0 Å². The number of rotatable bonds is 5. The average molecular weight is 319 g/mol. The van der Waals surface area contributed by atoms with Gasteiger partial charge in [-0.3, -0.25) is 0 Å². The molecule has 0 atom stereocenters. The fourth-order valence-electron chi connectivity index (χ4n) is 3.45. The van der Waals surface area contributed by atoms with Gasteiger partial charge in [0.05, 0.1) is 0 Å². The molecule has 0 saturated carbocycles.